The van der Waals surface area contributed by atoms with Crippen LogP contribution in [0, 0.1) is 11.3 Å². The summed E-state index contributed by atoms with van der Waals surface area (Å²) in [5.74, 6) is 0.944. The van der Waals surface area contributed by atoms with Crippen LogP contribution in [-0.4, -0.2) is 37.1 Å². The van der Waals surface area contributed by atoms with Gasteiger partial charge in [-0.1, -0.05) is 20.8 Å². The highest BCUT2D eigenvalue weighted by molar-refractivity contribution is 4.90. The quantitative estimate of drug-likeness (QED) is 0.687. The summed E-state index contributed by atoms with van der Waals surface area (Å²) in [7, 11) is 0. The molecule has 0 bridgehead atoms. The Labute approximate surface area is 88.1 Å². The molecule has 82 valence electrons. The van der Waals surface area contributed by atoms with Crippen LogP contribution in [0.5, 0.6) is 0 Å². The molecular formula is C12H24N2. The fraction of sp³-hybridized carbons (Fsp3) is 1.00. The largest absolute Gasteiger partial charge is 0.314 e. The second-order valence-electron chi connectivity index (χ2n) is 6.22. The molecule has 2 saturated heterocycles. The first-order chi connectivity index (χ1) is 6.54. The number of hydrogen-bond acceptors (Lipinski definition) is 2. The Morgan fingerprint density at radius 1 is 1.36 bits per heavy atom. The number of fused-ring (bicyclic) bond motifs is 1. The van der Waals surface area contributed by atoms with E-state index in [-0.39, 0.29) is 0 Å². The van der Waals surface area contributed by atoms with Gasteiger partial charge in [0.15, 0.2) is 0 Å². The summed E-state index contributed by atoms with van der Waals surface area (Å²) in [5, 5.41) is 3.50. The second-order valence-corrected chi connectivity index (χ2v) is 6.22. The summed E-state index contributed by atoms with van der Waals surface area (Å²) < 4.78 is 0. The van der Waals surface area contributed by atoms with Crippen molar-refractivity contribution in [3.63, 3.8) is 0 Å². The average molecular weight is 196 g/mol. The summed E-state index contributed by atoms with van der Waals surface area (Å²) in [6, 6.07) is 0.844. The maximum Gasteiger partial charge on any atom is 0.0224 e. The van der Waals surface area contributed by atoms with Gasteiger partial charge in [0, 0.05) is 32.2 Å². The van der Waals surface area contributed by atoms with Crippen molar-refractivity contribution in [1.82, 2.24) is 10.2 Å². The molecule has 2 aliphatic rings. The third kappa shape index (κ3) is 2.48. The molecule has 2 heteroatoms. The highest BCUT2D eigenvalue weighted by Crippen LogP contribution is 2.33. The van der Waals surface area contributed by atoms with Gasteiger partial charge in [-0.15, -0.1) is 0 Å². The van der Waals surface area contributed by atoms with E-state index >= 15 is 0 Å². The summed E-state index contributed by atoms with van der Waals surface area (Å²) in [4.78, 5) is 2.69. The van der Waals surface area contributed by atoms with Gasteiger partial charge in [0.25, 0.3) is 0 Å². The van der Waals surface area contributed by atoms with Crippen LogP contribution in [0.1, 0.15) is 33.6 Å². The number of hydrogen-bond donors (Lipinski definition) is 1. The third-order valence-corrected chi connectivity index (χ3v) is 3.47. The van der Waals surface area contributed by atoms with E-state index in [2.05, 4.69) is 31.0 Å². The normalized spacial score (nSPS) is 34.5. The van der Waals surface area contributed by atoms with Crippen LogP contribution in [0.4, 0.5) is 0 Å². The van der Waals surface area contributed by atoms with E-state index in [0.29, 0.717) is 5.41 Å². The van der Waals surface area contributed by atoms with Crippen LogP contribution in [0.3, 0.4) is 0 Å². The molecule has 0 aromatic carbocycles. The van der Waals surface area contributed by atoms with E-state index in [1.54, 1.807) is 0 Å². The standard InChI is InChI=1S/C12H24N2/c1-12(2,3)7-10-6-11-8-13-4-5-14(11)9-10/h10-11,13H,4-9H2,1-3H3. The molecule has 2 aliphatic heterocycles. The summed E-state index contributed by atoms with van der Waals surface area (Å²) in [6.07, 6.45) is 2.81. The van der Waals surface area contributed by atoms with Gasteiger partial charge < -0.3 is 5.32 Å². The monoisotopic (exact) mass is 196 g/mol. The average Bonchev–Trinajstić information content (AvgIpc) is 2.42. The summed E-state index contributed by atoms with van der Waals surface area (Å²) >= 11 is 0. The van der Waals surface area contributed by atoms with Gasteiger partial charge in [-0.3, -0.25) is 4.90 Å². The van der Waals surface area contributed by atoms with Crippen molar-refractivity contribution in [3.8, 4) is 0 Å². The molecule has 2 rings (SSSR count). The van der Waals surface area contributed by atoms with Crippen LogP contribution in [0.25, 0.3) is 0 Å². The molecule has 14 heavy (non-hydrogen) atoms. The van der Waals surface area contributed by atoms with E-state index < -0.39 is 0 Å². The third-order valence-electron chi connectivity index (χ3n) is 3.47. The highest BCUT2D eigenvalue weighted by atomic mass is 15.2. The van der Waals surface area contributed by atoms with E-state index in [0.717, 1.165) is 12.0 Å². The lowest BCUT2D eigenvalue weighted by molar-refractivity contribution is 0.207. The molecular weight excluding hydrogens is 172 g/mol. The van der Waals surface area contributed by atoms with Crippen molar-refractivity contribution in [2.75, 3.05) is 26.2 Å². The van der Waals surface area contributed by atoms with Gasteiger partial charge >= 0.3 is 0 Å². The Kier molecular flexibility index (Phi) is 2.85. The van der Waals surface area contributed by atoms with Crippen LogP contribution < -0.4 is 5.32 Å². The van der Waals surface area contributed by atoms with E-state index in [1.807, 2.05) is 0 Å². The fourth-order valence-electron chi connectivity index (χ4n) is 3.08. The first-order valence-electron chi connectivity index (χ1n) is 5.99. The van der Waals surface area contributed by atoms with Crippen LogP contribution >= 0.6 is 0 Å². The van der Waals surface area contributed by atoms with Gasteiger partial charge in [0.1, 0.15) is 0 Å². The lowest BCUT2D eigenvalue weighted by atomic mass is 9.84. The van der Waals surface area contributed by atoms with E-state index in [1.165, 1.54) is 39.0 Å². The minimum absolute atomic E-state index is 0.507. The Morgan fingerprint density at radius 2 is 2.14 bits per heavy atom. The maximum atomic E-state index is 3.50. The summed E-state index contributed by atoms with van der Waals surface area (Å²) in [6.45, 7) is 12.1. The predicted octanol–water partition coefficient (Wildman–Crippen LogP) is 1.72. The molecule has 2 fully saturated rings. The van der Waals surface area contributed by atoms with Crippen LogP contribution in [0.2, 0.25) is 0 Å². The van der Waals surface area contributed by atoms with Crippen molar-refractivity contribution in [3.05, 3.63) is 0 Å². The van der Waals surface area contributed by atoms with E-state index in [4.69, 9.17) is 0 Å². The van der Waals surface area contributed by atoms with Gasteiger partial charge in [0.05, 0.1) is 0 Å². The number of rotatable bonds is 1. The minimum Gasteiger partial charge on any atom is -0.314 e. The first kappa shape index (κ1) is 10.4. The molecule has 0 radical (unpaired) electrons. The molecule has 2 atom stereocenters. The van der Waals surface area contributed by atoms with Crippen LogP contribution in [-0.2, 0) is 0 Å². The Hall–Kier alpha value is -0.0800. The van der Waals surface area contributed by atoms with E-state index in [9.17, 15) is 0 Å². The Bertz CT molecular complexity index is 181. The van der Waals surface area contributed by atoms with Crippen molar-refractivity contribution in [2.45, 2.75) is 39.7 Å². The van der Waals surface area contributed by atoms with Crippen molar-refractivity contribution in [2.24, 2.45) is 11.3 Å². The topological polar surface area (TPSA) is 15.3 Å². The Morgan fingerprint density at radius 3 is 2.79 bits per heavy atom. The zero-order chi connectivity index (χ0) is 10.2. The highest BCUT2D eigenvalue weighted by Gasteiger charge is 2.34. The lowest BCUT2D eigenvalue weighted by Crippen LogP contribution is -2.47. The molecule has 2 unspecified atom stereocenters. The summed E-state index contributed by atoms with van der Waals surface area (Å²) in [5.41, 5.74) is 0.507. The zero-order valence-corrected chi connectivity index (χ0v) is 9.84. The Balaban J connectivity index is 1.87. The number of piperazine rings is 1. The van der Waals surface area contributed by atoms with Gasteiger partial charge in [-0.2, -0.15) is 0 Å². The molecule has 0 spiro atoms. The second kappa shape index (κ2) is 3.82. The molecule has 2 heterocycles. The molecule has 2 nitrogen and oxygen atoms in total. The number of nitrogens with one attached hydrogen (secondary N) is 1. The van der Waals surface area contributed by atoms with Crippen LogP contribution in [0.15, 0.2) is 0 Å². The van der Waals surface area contributed by atoms with Crippen molar-refractivity contribution in [1.29, 1.82) is 0 Å². The molecule has 0 aromatic rings. The first-order valence-corrected chi connectivity index (χ1v) is 5.99. The molecule has 0 aliphatic carbocycles. The minimum atomic E-state index is 0.507. The number of nitrogens with zero attached hydrogens (tertiary/aromatic N) is 1. The maximum absolute atomic E-state index is 3.50. The van der Waals surface area contributed by atoms with Gasteiger partial charge in [0.2, 0.25) is 0 Å². The predicted molar refractivity (Wildman–Crippen MR) is 60.4 cm³/mol. The van der Waals surface area contributed by atoms with Gasteiger partial charge in [-0.05, 0) is 24.2 Å². The SMILES string of the molecule is CC(C)(C)CC1CC2CNCCN2C1. The molecule has 1 N–H and O–H groups in total. The molecule has 0 saturated carbocycles. The van der Waals surface area contributed by atoms with Crippen molar-refractivity contribution >= 4 is 0 Å². The smallest absolute Gasteiger partial charge is 0.0224 e. The fourth-order valence-corrected chi connectivity index (χ4v) is 3.08. The molecule has 0 aromatic heterocycles. The van der Waals surface area contributed by atoms with Gasteiger partial charge in [-0.25, -0.2) is 0 Å². The van der Waals surface area contributed by atoms with Crippen molar-refractivity contribution < 1.29 is 0 Å². The lowest BCUT2D eigenvalue weighted by Gasteiger charge is -2.29. The zero-order valence-electron chi connectivity index (χ0n) is 9.84. The molecule has 0 amide bonds.